The van der Waals surface area contributed by atoms with Crippen LogP contribution in [0.25, 0.3) is 0 Å². The number of nitrogens with zero attached hydrogens (tertiary/aromatic N) is 1. The highest BCUT2D eigenvalue weighted by atomic mass is 35.5. The van der Waals surface area contributed by atoms with Crippen molar-refractivity contribution in [2.75, 3.05) is 6.54 Å². The summed E-state index contributed by atoms with van der Waals surface area (Å²) < 4.78 is 0. The van der Waals surface area contributed by atoms with Crippen LogP contribution >= 0.6 is 11.6 Å². The third-order valence-corrected chi connectivity index (χ3v) is 4.07. The highest BCUT2D eigenvalue weighted by molar-refractivity contribution is 6.31. The molecular formula is C14H20ClN3O3. The summed E-state index contributed by atoms with van der Waals surface area (Å²) in [6.45, 7) is 6.16. The maximum atomic E-state index is 12.1. The molecule has 0 aliphatic heterocycles. The average molecular weight is 314 g/mol. The van der Waals surface area contributed by atoms with Crippen LogP contribution in [-0.2, 0) is 11.2 Å². The molecule has 0 aliphatic rings. The lowest BCUT2D eigenvalue weighted by atomic mass is 9.88. The van der Waals surface area contributed by atoms with Gasteiger partial charge in [-0.2, -0.15) is 0 Å². The van der Waals surface area contributed by atoms with Crippen molar-refractivity contribution in [1.29, 1.82) is 0 Å². The van der Waals surface area contributed by atoms with Crippen molar-refractivity contribution in [2.45, 2.75) is 32.7 Å². The van der Waals surface area contributed by atoms with Crippen molar-refractivity contribution < 1.29 is 9.72 Å². The van der Waals surface area contributed by atoms with Gasteiger partial charge in [0.1, 0.15) is 0 Å². The quantitative estimate of drug-likeness (QED) is 0.621. The van der Waals surface area contributed by atoms with E-state index >= 15 is 0 Å². The van der Waals surface area contributed by atoms with E-state index in [2.05, 4.69) is 5.32 Å². The van der Waals surface area contributed by atoms with E-state index in [1.807, 2.05) is 20.8 Å². The lowest BCUT2D eigenvalue weighted by Gasteiger charge is -2.33. The standard InChI is InChI=1S/C14H20ClN3O3/c1-9(2)14(3,8-16)17-13(19)6-10-4-5-11(18(20)21)7-12(10)15/h4-5,7,9H,6,8,16H2,1-3H3,(H,17,19). The van der Waals surface area contributed by atoms with E-state index in [9.17, 15) is 14.9 Å². The summed E-state index contributed by atoms with van der Waals surface area (Å²) in [5, 5.41) is 13.7. The molecule has 3 N–H and O–H groups in total. The smallest absolute Gasteiger partial charge is 0.270 e. The van der Waals surface area contributed by atoms with E-state index in [1.165, 1.54) is 18.2 Å². The van der Waals surface area contributed by atoms with Crippen molar-refractivity contribution in [3.05, 3.63) is 38.9 Å². The Morgan fingerprint density at radius 3 is 2.57 bits per heavy atom. The van der Waals surface area contributed by atoms with Gasteiger partial charge in [-0.1, -0.05) is 31.5 Å². The van der Waals surface area contributed by atoms with Crippen LogP contribution in [0.4, 0.5) is 5.69 Å². The van der Waals surface area contributed by atoms with E-state index in [0.717, 1.165) is 0 Å². The van der Waals surface area contributed by atoms with Crippen molar-refractivity contribution in [1.82, 2.24) is 5.32 Å². The summed E-state index contributed by atoms with van der Waals surface area (Å²) in [6, 6.07) is 4.07. The number of nitro benzene ring substituents is 1. The molecule has 0 spiro atoms. The Morgan fingerprint density at radius 1 is 1.52 bits per heavy atom. The van der Waals surface area contributed by atoms with Gasteiger partial charge in [0.15, 0.2) is 0 Å². The van der Waals surface area contributed by atoms with Crippen LogP contribution in [0.3, 0.4) is 0 Å². The molecule has 0 aliphatic carbocycles. The topological polar surface area (TPSA) is 98.3 Å². The molecule has 116 valence electrons. The Hall–Kier alpha value is -1.66. The molecule has 21 heavy (non-hydrogen) atoms. The number of non-ortho nitro benzene ring substituents is 1. The number of nitrogens with two attached hydrogens (primary N) is 1. The number of carbonyl (C=O) groups is 1. The fraction of sp³-hybridized carbons (Fsp3) is 0.500. The number of nitro groups is 1. The van der Waals surface area contributed by atoms with Gasteiger partial charge >= 0.3 is 0 Å². The minimum Gasteiger partial charge on any atom is -0.349 e. The predicted molar refractivity (Wildman–Crippen MR) is 82.3 cm³/mol. The van der Waals surface area contributed by atoms with Gasteiger partial charge in [-0.15, -0.1) is 0 Å². The third kappa shape index (κ3) is 4.41. The van der Waals surface area contributed by atoms with Gasteiger partial charge in [-0.3, -0.25) is 14.9 Å². The van der Waals surface area contributed by atoms with Crippen molar-refractivity contribution >= 4 is 23.2 Å². The summed E-state index contributed by atoms with van der Waals surface area (Å²) in [5.74, 6) is -0.0359. The summed E-state index contributed by atoms with van der Waals surface area (Å²) in [7, 11) is 0. The Morgan fingerprint density at radius 2 is 2.14 bits per heavy atom. The number of amides is 1. The van der Waals surface area contributed by atoms with Crippen LogP contribution in [0, 0.1) is 16.0 Å². The Balaban J connectivity index is 2.82. The molecule has 7 heteroatoms. The van der Waals surface area contributed by atoms with Crippen LogP contribution in [0.15, 0.2) is 18.2 Å². The molecule has 1 amide bonds. The van der Waals surface area contributed by atoms with Gasteiger partial charge in [0.25, 0.3) is 5.69 Å². The fourth-order valence-corrected chi connectivity index (χ4v) is 2.00. The monoisotopic (exact) mass is 313 g/mol. The fourth-order valence-electron chi connectivity index (χ4n) is 1.76. The largest absolute Gasteiger partial charge is 0.349 e. The SMILES string of the molecule is CC(C)C(C)(CN)NC(=O)Cc1ccc([N+](=O)[O-])cc1Cl. The van der Waals surface area contributed by atoms with E-state index in [0.29, 0.717) is 12.1 Å². The molecule has 1 aromatic carbocycles. The van der Waals surface area contributed by atoms with Crippen LogP contribution in [-0.4, -0.2) is 22.9 Å². The zero-order chi connectivity index (χ0) is 16.2. The minimum absolute atomic E-state index is 0.0547. The number of halogens is 1. The minimum atomic E-state index is -0.528. The molecule has 0 saturated heterocycles. The highest BCUT2D eigenvalue weighted by Gasteiger charge is 2.28. The van der Waals surface area contributed by atoms with Gasteiger partial charge in [0.2, 0.25) is 5.91 Å². The van der Waals surface area contributed by atoms with Crippen molar-refractivity contribution in [3.8, 4) is 0 Å². The molecule has 0 bridgehead atoms. The highest BCUT2D eigenvalue weighted by Crippen LogP contribution is 2.23. The second-order valence-corrected chi connectivity index (χ2v) is 5.94. The number of nitrogens with one attached hydrogen (secondary N) is 1. The second-order valence-electron chi connectivity index (χ2n) is 5.53. The number of rotatable bonds is 6. The Bertz CT molecular complexity index is 548. The molecule has 0 heterocycles. The molecule has 1 unspecified atom stereocenters. The van der Waals surface area contributed by atoms with E-state index < -0.39 is 10.5 Å². The van der Waals surface area contributed by atoms with E-state index in [-0.39, 0.29) is 29.0 Å². The van der Waals surface area contributed by atoms with Crippen LogP contribution in [0.2, 0.25) is 5.02 Å². The maximum Gasteiger partial charge on any atom is 0.270 e. The zero-order valence-electron chi connectivity index (χ0n) is 12.4. The van der Waals surface area contributed by atoms with Gasteiger partial charge in [-0.05, 0) is 18.4 Å². The Kier molecular flexibility index (Phi) is 5.69. The first-order chi connectivity index (χ1) is 9.69. The number of carbonyl (C=O) groups excluding carboxylic acids is 1. The van der Waals surface area contributed by atoms with Gasteiger partial charge < -0.3 is 11.1 Å². The molecule has 0 saturated carbocycles. The van der Waals surface area contributed by atoms with Crippen LogP contribution in [0.5, 0.6) is 0 Å². The summed E-state index contributed by atoms with van der Waals surface area (Å²) >= 11 is 5.98. The summed E-state index contributed by atoms with van der Waals surface area (Å²) in [6.07, 6.45) is 0.0547. The first-order valence-corrected chi connectivity index (χ1v) is 7.01. The number of benzene rings is 1. The first kappa shape index (κ1) is 17.4. The molecule has 1 aromatic rings. The molecule has 0 radical (unpaired) electrons. The van der Waals surface area contributed by atoms with E-state index in [1.54, 1.807) is 0 Å². The number of hydrogen-bond donors (Lipinski definition) is 2. The molecule has 0 fully saturated rings. The predicted octanol–water partition coefficient (Wildman–Crippen LogP) is 2.28. The van der Waals surface area contributed by atoms with Gasteiger partial charge in [0.05, 0.1) is 21.9 Å². The average Bonchev–Trinajstić information content (AvgIpc) is 2.40. The summed E-state index contributed by atoms with van der Waals surface area (Å²) in [5.41, 5.74) is 5.67. The maximum absolute atomic E-state index is 12.1. The Labute approximate surface area is 128 Å². The van der Waals surface area contributed by atoms with Gasteiger partial charge in [-0.25, -0.2) is 0 Å². The zero-order valence-corrected chi connectivity index (χ0v) is 13.1. The normalized spacial score (nSPS) is 13.8. The molecule has 1 atom stereocenters. The van der Waals surface area contributed by atoms with Crippen LogP contribution in [0.1, 0.15) is 26.3 Å². The van der Waals surface area contributed by atoms with Crippen molar-refractivity contribution in [2.24, 2.45) is 11.7 Å². The van der Waals surface area contributed by atoms with Crippen LogP contribution < -0.4 is 11.1 Å². The van der Waals surface area contributed by atoms with Gasteiger partial charge in [0, 0.05) is 18.7 Å². The lowest BCUT2D eigenvalue weighted by Crippen LogP contribution is -2.55. The first-order valence-electron chi connectivity index (χ1n) is 6.63. The molecule has 1 rings (SSSR count). The van der Waals surface area contributed by atoms with E-state index in [4.69, 9.17) is 17.3 Å². The number of hydrogen-bond acceptors (Lipinski definition) is 4. The van der Waals surface area contributed by atoms with Crippen molar-refractivity contribution in [3.63, 3.8) is 0 Å². The lowest BCUT2D eigenvalue weighted by molar-refractivity contribution is -0.384. The summed E-state index contributed by atoms with van der Waals surface area (Å²) in [4.78, 5) is 22.2. The second kappa shape index (κ2) is 6.87. The molecular weight excluding hydrogens is 294 g/mol. The third-order valence-electron chi connectivity index (χ3n) is 3.72. The molecule has 6 nitrogen and oxygen atoms in total. The molecule has 0 aromatic heterocycles.